The highest BCUT2D eigenvalue weighted by Crippen LogP contribution is 2.20. The van der Waals surface area contributed by atoms with E-state index in [1.165, 1.54) is 0 Å². The molecule has 0 aliphatic heterocycles. The van der Waals surface area contributed by atoms with Crippen molar-refractivity contribution in [1.29, 1.82) is 0 Å². The lowest BCUT2D eigenvalue weighted by Crippen LogP contribution is -1.87. The Morgan fingerprint density at radius 2 is 2.14 bits per heavy atom. The summed E-state index contributed by atoms with van der Waals surface area (Å²) in [6.45, 7) is 3.66. The van der Waals surface area contributed by atoms with E-state index in [-0.39, 0.29) is 6.04 Å². The molecule has 0 aromatic carbocycles. The highest BCUT2D eigenvalue weighted by Gasteiger charge is 1.92. The summed E-state index contributed by atoms with van der Waals surface area (Å²) in [5.41, 5.74) is 0. The minimum absolute atomic E-state index is 0.0844. The van der Waals surface area contributed by atoms with Gasteiger partial charge in [-0.25, -0.2) is 0 Å². The van der Waals surface area contributed by atoms with Crippen LogP contribution in [0.2, 0.25) is 0 Å². The zero-order chi connectivity index (χ0) is 5.86. The van der Waals surface area contributed by atoms with E-state index in [2.05, 4.69) is 4.74 Å². The molecule has 0 aromatic rings. The molecule has 0 aromatic heterocycles. The van der Waals surface area contributed by atoms with Gasteiger partial charge in [-0.15, -0.1) is 0 Å². The average molecular weight is 140 g/mol. The molecule has 0 N–H and O–H groups in total. The van der Waals surface area contributed by atoms with Gasteiger partial charge in [0.1, 0.15) is 0 Å². The van der Waals surface area contributed by atoms with Crippen LogP contribution in [0.1, 0.15) is 13.8 Å². The largest absolute Gasteiger partial charge is 0.596 e. The molecule has 0 fully saturated rings. The van der Waals surface area contributed by atoms with Gasteiger partial charge in [0, 0.05) is 0 Å². The van der Waals surface area contributed by atoms with Crippen molar-refractivity contribution < 1.29 is 4.89 Å². The third-order valence-corrected chi connectivity index (χ3v) is 1.23. The molecule has 4 heteroatoms. The van der Waals surface area contributed by atoms with Gasteiger partial charge in [-0.3, -0.25) is 0 Å². The van der Waals surface area contributed by atoms with Crippen molar-refractivity contribution in [3.8, 4) is 0 Å². The van der Waals surface area contributed by atoms with Gasteiger partial charge < -0.3 is 4.89 Å². The highest BCUT2D eigenvalue weighted by molar-refractivity contribution is 7.69. The van der Waals surface area contributed by atoms with Crippen molar-refractivity contribution in [3.63, 3.8) is 0 Å². The molecular formula is C3H7ClNOP. The van der Waals surface area contributed by atoms with Crippen LogP contribution < -0.4 is 4.89 Å². The Bertz CT molecular complexity index is 79.0. The topological polar surface area (TPSA) is 35.4 Å². The van der Waals surface area contributed by atoms with E-state index >= 15 is 0 Å². The Labute approximate surface area is 48.9 Å². The molecular weight excluding hydrogens is 132 g/mol. The first-order valence-corrected chi connectivity index (χ1v) is 4.08. The number of halogens is 1. The molecule has 2 nitrogen and oxygen atoms in total. The van der Waals surface area contributed by atoms with Crippen LogP contribution in [0.3, 0.4) is 0 Å². The van der Waals surface area contributed by atoms with E-state index in [0.29, 0.717) is 0 Å². The SMILES string of the molecule is CC(C)N=[P+]([O-])Cl. The zero-order valence-corrected chi connectivity index (χ0v) is 5.91. The second-order valence-corrected chi connectivity index (χ2v) is 2.99. The molecule has 0 radical (unpaired) electrons. The minimum Gasteiger partial charge on any atom is -0.596 e. The molecule has 0 heterocycles. The molecule has 42 valence electrons. The van der Waals surface area contributed by atoms with Crippen molar-refractivity contribution in [2.45, 2.75) is 19.9 Å². The lowest BCUT2D eigenvalue weighted by atomic mass is 10.4. The van der Waals surface area contributed by atoms with E-state index in [4.69, 9.17) is 11.2 Å². The summed E-state index contributed by atoms with van der Waals surface area (Å²) >= 11 is 5.02. The fraction of sp³-hybridized carbons (Fsp3) is 1.00. The first-order chi connectivity index (χ1) is 3.13. The van der Waals surface area contributed by atoms with Crippen LogP contribution in [0.15, 0.2) is 4.74 Å². The predicted molar refractivity (Wildman–Crippen MR) is 30.3 cm³/mol. The molecule has 0 rings (SSSR count). The smallest absolute Gasteiger partial charge is 0.285 e. The normalized spacial score (nSPS) is 13.0. The third kappa shape index (κ3) is 6.35. The molecule has 0 bridgehead atoms. The van der Waals surface area contributed by atoms with Crippen LogP contribution in [0.5, 0.6) is 0 Å². The molecule has 0 aliphatic carbocycles. The first kappa shape index (κ1) is 7.35. The zero-order valence-electron chi connectivity index (χ0n) is 4.26. The number of rotatable bonds is 1. The molecule has 0 saturated carbocycles. The Hall–Kier alpha value is 0.350. The second-order valence-electron chi connectivity index (χ2n) is 1.44. The maximum atomic E-state index is 10.0. The fourth-order valence-corrected chi connectivity index (χ4v) is 1.07. The lowest BCUT2D eigenvalue weighted by Gasteiger charge is -1.86. The van der Waals surface area contributed by atoms with E-state index < -0.39 is 7.29 Å². The Balaban J connectivity index is 3.45. The monoisotopic (exact) mass is 139 g/mol. The van der Waals surface area contributed by atoms with Gasteiger partial charge in [0.15, 0.2) is 11.2 Å². The lowest BCUT2D eigenvalue weighted by molar-refractivity contribution is -0.150. The molecule has 0 amide bonds. The first-order valence-electron chi connectivity index (χ1n) is 1.96. The van der Waals surface area contributed by atoms with Crippen LogP contribution in [-0.2, 0) is 0 Å². The van der Waals surface area contributed by atoms with Crippen molar-refractivity contribution in [1.82, 2.24) is 0 Å². The van der Waals surface area contributed by atoms with Gasteiger partial charge in [-0.2, -0.15) is 0 Å². The third-order valence-electron chi connectivity index (χ3n) is 0.322. The fourth-order valence-electron chi connectivity index (χ4n) is 0.182. The number of nitrogens with zero attached hydrogens (tertiary/aromatic N) is 1. The summed E-state index contributed by atoms with van der Waals surface area (Å²) in [6, 6.07) is 0.0844. The molecule has 1 unspecified atom stereocenters. The van der Waals surface area contributed by atoms with Gasteiger partial charge in [-0.1, -0.05) is 4.74 Å². The molecule has 0 spiro atoms. The quantitative estimate of drug-likeness (QED) is 0.507. The van der Waals surface area contributed by atoms with Crippen molar-refractivity contribution >= 4 is 18.5 Å². The highest BCUT2D eigenvalue weighted by atomic mass is 35.7. The van der Waals surface area contributed by atoms with Crippen LogP contribution >= 0.6 is 18.5 Å². The maximum Gasteiger partial charge on any atom is 0.285 e. The summed E-state index contributed by atoms with van der Waals surface area (Å²) < 4.78 is 3.55. The summed E-state index contributed by atoms with van der Waals surface area (Å²) in [5.74, 6) is 0. The van der Waals surface area contributed by atoms with Gasteiger partial charge in [0.2, 0.25) is 0 Å². The van der Waals surface area contributed by atoms with Crippen LogP contribution in [-0.4, -0.2) is 6.04 Å². The minimum atomic E-state index is -1.79. The Kier molecular flexibility index (Phi) is 3.53. The molecule has 1 atom stereocenters. The summed E-state index contributed by atoms with van der Waals surface area (Å²) in [6.07, 6.45) is 0. The molecule has 0 saturated heterocycles. The van der Waals surface area contributed by atoms with Gasteiger partial charge >= 0.3 is 0 Å². The van der Waals surface area contributed by atoms with E-state index in [1.54, 1.807) is 0 Å². The average Bonchev–Trinajstić information content (AvgIpc) is 1.27. The van der Waals surface area contributed by atoms with E-state index in [0.717, 1.165) is 0 Å². The maximum absolute atomic E-state index is 10.0. The predicted octanol–water partition coefficient (Wildman–Crippen LogP) is 1.49. The Morgan fingerprint density at radius 3 is 2.14 bits per heavy atom. The van der Waals surface area contributed by atoms with E-state index in [1.807, 2.05) is 13.8 Å². The van der Waals surface area contributed by atoms with Crippen molar-refractivity contribution in [3.05, 3.63) is 0 Å². The van der Waals surface area contributed by atoms with Crippen molar-refractivity contribution in [2.24, 2.45) is 4.74 Å². The molecule has 7 heavy (non-hydrogen) atoms. The van der Waals surface area contributed by atoms with Crippen LogP contribution in [0.25, 0.3) is 0 Å². The standard InChI is InChI=1S/C3H7ClNOP/c1-3(2)5-7(4)6/h3H,1-2H3. The van der Waals surface area contributed by atoms with E-state index in [9.17, 15) is 4.89 Å². The molecule has 0 aliphatic rings. The van der Waals surface area contributed by atoms with Gasteiger partial charge in [0.05, 0.1) is 6.04 Å². The number of hydrogen-bond donors (Lipinski definition) is 0. The summed E-state index contributed by atoms with van der Waals surface area (Å²) in [7, 11) is -1.79. The Morgan fingerprint density at radius 1 is 1.71 bits per heavy atom. The summed E-state index contributed by atoms with van der Waals surface area (Å²) in [5, 5.41) is 0. The number of hydrogen-bond acceptors (Lipinski definition) is 2. The van der Waals surface area contributed by atoms with Gasteiger partial charge in [0.25, 0.3) is 7.29 Å². The second kappa shape index (κ2) is 3.36. The summed E-state index contributed by atoms with van der Waals surface area (Å²) in [4.78, 5) is 10.0. The van der Waals surface area contributed by atoms with Gasteiger partial charge in [-0.05, 0) is 13.8 Å². The van der Waals surface area contributed by atoms with Crippen molar-refractivity contribution in [2.75, 3.05) is 0 Å². The van der Waals surface area contributed by atoms with Crippen LogP contribution in [0, 0.1) is 0 Å². The van der Waals surface area contributed by atoms with Crippen LogP contribution in [0.4, 0.5) is 0 Å².